The highest BCUT2D eigenvalue weighted by atomic mass is 19.1. The van der Waals surface area contributed by atoms with Crippen LogP contribution in [0.2, 0.25) is 0 Å². The van der Waals surface area contributed by atoms with Gasteiger partial charge in [0.15, 0.2) is 11.9 Å². The van der Waals surface area contributed by atoms with Gasteiger partial charge >= 0.3 is 0 Å². The number of aryl methyl sites for hydroxylation is 1. The Hall–Kier alpha value is -2.76. The Labute approximate surface area is 176 Å². The highest BCUT2D eigenvalue weighted by molar-refractivity contribution is 6.04. The molecule has 0 radical (unpaired) electrons. The van der Waals surface area contributed by atoms with E-state index in [1.807, 2.05) is 12.1 Å². The van der Waals surface area contributed by atoms with Crippen molar-refractivity contribution in [2.24, 2.45) is 5.92 Å². The minimum Gasteiger partial charge on any atom is -0.479 e. The van der Waals surface area contributed by atoms with Crippen molar-refractivity contribution in [2.45, 2.75) is 58.5 Å². The quantitative estimate of drug-likeness (QED) is 0.674. The third-order valence-corrected chi connectivity index (χ3v) is 5.84. The molecule has 1 aromatic heterocycles. The molecule has 158 valence electrons. The number of rotatable bonds is 7. The topological polar surface area (TPSA) is 59.5 Å². The highest BCUT2D eigenvalue weighted by Crippen LogP contribution is 2.32. The monoisotopic (exact) mass is 410 g/mol. The molecule has 5 nitrogen and oxygen atoms in total. The van der Waals surface area contributed by atoms with Crippen molar-refractivity contribution in [3.63, 3.8) is 0 Å². The van der Waals surface area contributed by atoms with E-state index in [-0.39, 0.29) is 11.7 Å². The number of anilines is 1. The molecule has 1 aliphatic carbocycles. The van der Waals surface area contributed by atoms with Crippen molar-refractivity contribution in [1.29, 1.82) is 0 Å². The van der Waals surface area contributed by atoms with Crippen LogP contribution in [0.5, 0.6) is 5.75 Å². The molecule has 0 unspecified atom stereocenters. The molecule has 2 heterocycles. The van der Waals surface area contributed by atoms with Gasteiger partial charge in [-0.25, -0.2) is 4.39 Å². The number of hydrogen-bond acceptors (Lipinski definition) is 4. The number of nitrogens with zero attached hydrogens (tertiary/aromatic N) is 2. The Morgan fingerprint density at radius 1 is 1.23 bits per heavy atom. The van der Waals surface area contributed by atoms with E-state index in [1.165, 1.54) is 17.4 Å². The zero-order valence-corrected chi connectivity index (χ0v) is 17.5. The van der Waals surface area contributed by atoms with Gasteiger partial charge in [-0.3, -0.25) is 14.6 Å². The number of hydrogen-bond donors (Lipinski definition) is 0. The van der Waals surface area contributed by atoms with Gasteiger partial charge in [-0.05, 0) is 55.0 Å². The minimum atomic E-state index is -0.634. The summed E-state index contributed by atoms with van der Waals surface area (Å²) in [5.74, 6) is 0.535. The van der Waals surface area contributed by atoms with E-state index < -0.39 is 11.9 Å². The molecule has 0 bridgehead atoms. The smallest absolute Gasteiger partial charge is 0.268 e. The Bertz CT molecular complexity index is 956. The van der Waals surface area contributed by atoms with Crippen LogP contribution in [-0.4, -0.2) is 29.3 Å². The Morgan fingerprint density at radius 2 is 2.07 bits per heavy atom. The predicted molar refractivity (Wildman–Crippen MR) is 112 cm³/mol. The summed E-state index contributed by atoms with van der Waals surface area (Å²) >= 11 is 0. The van der Waals surface area contributed by atoms with Gasteiger partial charge in [-0.2, -0.15) is 0 Å². The first-order valence-corrected chi connectivity index (χ1v) is 10.7. The average molecular weight is 410 g/mol. The molecule has 30 heavy (non-hydrogen) atoms. The van der Waals surface area contributed by atoms with Crippen LogP contribution < -0.4 is 9.64 Å². The summed E-state index contributed by atoms with van der Waals surface area (Å²) in [6.45, 7) is 4.85. The number of halogens is 1. The van der Waals surface area contributed by atoms with Gasteiger partial charge in [0, 0.05) is 36.3 Å². The molecular weight excluding hydrogens is 383 g/mol. The molecule has 2 aromatic rings. The zero-order valence-electron chi connectivity index (χ0n) is 17.5. The summed E-state index contributed by atoms with van der Waals surface area (Å²) < 4.78 is 20.3. The number of amides is 1. The lowest BCUT2D eigenvalue weighted by atomic mass is 10.1. The van der Waals surface area contributed by atoms with Crippen molar-refractivity contribution in [3.8, 4) is 5.75 Å². The van der Waals surface area contributed by atoms with E-state index in [2.05, 4.69) is 18.8 Å². The number of Topliss-reactive ketones (excluding diaryl/α,β-unsaturated/α-hetero) is 1. The number of carbonyl (C=O) groups is 2. The molecule has 6 heteroatoms. The van der Waals surface area contributed by atoms with Gasteiger partial charge < -0.3 is 9.64 Å². The largest absolute Gasteiger partial charge is 0.479 e. The second-order valence-electron chi connectivity index (χ2n) is 8.53. The molecule has 1 aliphatic heterocycles. The van der Waals surface area contributed by atoms with Crippen LogP contribution in [0, 0.1) is 11.7 Å². The zero-order chi connectivity index (χ0) is 21.3. The Kier molecular flexibility index (Phi) is 5.84. The first-order valence-electron chi connectivity index (χ1n) is 10.7. The molecule has 1 saturated heterocycles. The van der Waals surface area contributed by atoms with E-state index in [1.54, 1.807) is 12.3 Å². The number of benzene rings is 1. The van der Waals surface area contributed by atoms with E-state index in [4.69, 9.17) is 4.74 Å². The number of ether oxygens (including phenoxy) is 1. The summed E-state index contributed by atoms with van der Waals surface area (Å²) in [5, 5.41) is 0. The fourth-order valence-corrected chi connectivity index (χ4v) is 4.16. The van der Waals surface area contributed by atoms with Crippen molar-refractivity contribution < 1.29 is 18.7 Å². The summed E-state index contributed by atoms with van der Waals surface area (Å²) in [5.41, 5.74) is 2.30. The van der Waals surface area contributed by atoms with E-state index >= 15 is 0 Å². The third kappa shape index (κ3) is 4.23. The van der Waals surface area contributed by atoms with Crippen LogP contribution in [0.4, 0.5) is 10.1 Å². The second kappa shape index (κ2) is 8.54. The van der Waals surface area contributed by atoms with Gasteiger partial charge in [0.05, 0.1) is 6.20 Å². The molecule has 0 saturated carbocycles. The maximum Gasteiger partial charge on any atom is 0.268 e. The van der Waals surface area contributed by atoms with Crippen molar-refractivity contribution in [2.75, 3.05) is 11.4 Å². The van der Waals surface area contributed by atoms with Crippen LogP contribution in [0.15, 0.2) is 30.5 Å². The number of aromatic nitrogens is 1. The normalized spacial score (nSPS) is 18.4. The molecule has 4 rings (SSSR count). The van der Waals surface area contributed by atoms with Gasteiger partial charge in [0.2, 0.25) is 0 Å². The van der Waals surface area contributed by atoms with Gasteiger partial charge in [-0.1, -0.05) is 20.3 Å². The second-order valence-corrected chi connectivity index (χ2v) is 8.53. The Balaban J connectivity index is 1.40. The molecule has 0 N–H and O–H groups in total. The van der Waals surface area contributed by atoms with Gasteiger partial charge in [-0.15, -0.1) is 0 Å². The minimum absolute atomic E-state index is 0.0650. The maximum absolute atomic E-state index is 14.4. The first kappa shape index (κ1) is 20.5. The van der Waals surface area contributed by atoms with E-state index in [9.17, 15) is 14.0 Å². The average Bonchev–Trinajstić information content (AvgIpc) is 3.26. The summed E-state index contributed by atoms with van der Waals surface area (Å²) in [4.78, 5) is 30.8. The fraction of sp³-hybridized carbons (Fsp3) is 0.458. The van der Waals surface area contributed by atoms with Crippen LogP contribution in [0.3, 0.4) is 0 Å². The Morgan fingerprint density at radius 3 is 2.80 bits per heavy atom. The van der Waals surface area contributed by atoms with E-state index in [0.29, 0.717) is 54.3 Å². The number of fused-ring (bicyclic) bond motifs is 1. The lowest BCUT2D eigenvalue weighted by Crippen LogP contribution is -2.32. The molecule has 1 aromatic carbocycles. The lowest BCUT2D eigenvalue weighted by Gasteiger charge is -2.18. The van der Waals surface area contributed by atoms with Crippen LogP contribution in [-0.2, 0) is 17.6 Å². The lowest BCUT2D eigenvalue weighted by molar-refractivity contribution is -0.122. The van der Waals surface area contributed by atoms with Gasteiger partial charge in [0.25, 0.3) is 5.91 Å². The SMILES string of the molecule is CC(C)CCCc1ccc(O[C@@H]2CCN(c3cc(F)c4c(c3)C(=O)CC4)C2=O)cn1. The summed E-state index contributed by atoms with van der Waals surface area (Å²) in [6, 6.07) is 6.78. The number of ketones is 1. The molecule has 1 atom stereocenters. The van der Waals surface area contributed by atoms with Crippen LogP contribution in [0.25, 0.3) is 0 Å². The fourth-order valence-electron chi connectivity index (χ4n) is 4.16. The molecule has 1 fully saturated rings. The van der Waals surface area contributed by atoms with E-state index in [0.717, 1.165) is 18.5 Å². The number of pyridine rings is 1. The predicted octanol–water partition coefficient (Wildman–Crippen LogP) is 4.51. The molecule has 1 amide bonds. The molecule has 2 aliphatic rings. The summed E-state index contributed by atoms with van der Waals surface area (Å²) in [6.07, 6.45) is 5.48. The van der Waals surface area contributed by atoms with Crippen molar-refractivity contribution >= 4 is 17.4 Å². The molecule has 0 spiro atoms. The van der Waals surface area contributed by atoms with Gasteiger partial charge in [0.1, 0.15) is 11.6 Å². The highest BCUT2D eigenvalue weighted by Gasteiger charge is 2.36. The number of carbonyl (C=O) groups excluding carboxylic acids is 2. The van der Waals surface area contributed by atoms with Crippen molar-refractivity contribution in [3.05, 3.63) is 53.1 Å². The van der Waals surface area contributed by atoms with Crippen LogP contribution >= 0.6 is 0 Å². The third-order valence-electron chi connectivity index (χ3n) is 5.84. The van der Waals surface area contributed by atoms with Crippen LogP contribution in [0.1, 0.15) is 61.1 Å². The molecular formula is C24H27FN2O3. The maximum atomic E-state index is 14.4. The van der Waals surface area contributed by atoms with Crippen molar-refractivity contribution in [1.82, 2.24) is 4.98 Å². The summed E-state index contributed by atoms with van der Waals surface area (Å²) in [7, 11) is 0. The standard InChI is InChI=1S/C24H27FN2O3/c1-15(2)4-3-5-16-6-7-18(14-26-16)30-23-10-11-27(24(23)29)17-12-20-19(21(25)13-17)8-9-22(20)28/h6-7,12-15,23H,3-5,8-11H2,1-2H3/t23-/m1/s1. The first-order chi connectivity index (χ1) is 14.4.